The number of aromatic hydroxyl groups is 1. The van der Waals surface area contributed by atoms with Crippen molar-refractivity contribution in [3.05, 3.63) is 63.8 Å². The van der Waals surface area contributed by atoms with Gasteiger partial charge < -0.3 is 15.0 Å². The molecule has 7 heteroatoms. The second-order valence-electron chi connectivity index (χ2n) is 6.51. The molecule has 0 bridgehead atoms. The zero-order valence-electron chi connectivity index (χ0n) is 15.0. The van der Waals surface area contributed by atoms with E-state index in [-0.39, 0.29) is 36.0 Å². The molecule has 142 valence electrons. The Morgan fingerprint density at radius 2 is 1.78 bits per heavy atom. The van der Waals surface area contributed by atoms with Crippen molar-refractivity contribution >= 4 is 41.4 Å². The van der Waals surface area contributed by atoms with Gasteiger partial charge in [-0.1, -0.05) is 24.3 Å². The molecule has 27 heavy (non-hydrogen) atoms. The zero-order valence-corrected chi connectivity index (χ0v) is 16.7. The molecule has 1 aliphatic carbocycles. The number of halogens is 2. The van der Waals surface area contributed by atoms with E-state index in [0.29, 0.717) is 23.0 Å². The minimum absolute atomic E-state index is 0. The number of likely N-dealkylation sites (N-methyl/N-ethyl adjacent to an activating group) is 1. The third-order valence-corrected chi connectivity index (χ3v) is 4.49. The normalized spacial score (nSPS) is 13.2. The van der Waals surface area contributed by atoms with Crippen molar-refractivity contribution < 1.29 is 5.11 Å². The number of phenols is 1. The predicted octanol–water partition coefficient (Wildman–Crippen LogP) is 3.46. The molecule has 1 aromatic heterocycles. The fourth-order valence-corrected chi connectivity index (χ4v) is 3.27. The van der Waals surface area contributed by atoms with Crippen molar-refractivity contribution in [3.63, 3.8) is 0 Å². The number of nitrogens with one attached hydrogen (secondary N) is 1. The molecule has 0 fully saturated rings. The molecule has 2 aromatic carbocycles. The van der Waals surface area contributed by atoms with E-state index < -0.39 is 0 Å². The van der Waals surface area contributed by atoms with Gasteiger partial charge in [0.2, 0.25) is 0 Å². The van der Waals surface area contributed by atoms with Crippen molar-refractivity contribution in [2.45, 2.75) is 0 Å². The molecule has 4 rings (SSSR count). The maximum Gasteiger partial charge on any atom is 0.199 e. The Labute approximate surface area is 169 Å². The Kier molecular flexibility index (Phi) is 6.31. The molecule has 0 saturated heterocycles. The second kappa shape index (κ2) is 8.13. The van der Waals surface area contributed by atoms with E-state index in [4.69, 9.17) is 4.99 Å². The number of aromatic amines is 1. The minimum atomic E-state index is -0.0977. The van der Waals surface area contributed by atoms with Crippen LogP contribution >= 0.6 is 24.8 Å². The van der Waals surface area contributed by atoms with Crippen LogP contribution in [0, 0.1) is 0 Å². The lowest BCUT2D eigenvalue weighted by Crippen LogP contribution is -2.19. The monoisotopic (exact) mass is 405 g/mol. The van der Waals surface area contributed by atoms with E-state index >= 15 is 0 Å². The summed E-state index contributed by atoms with van der Waals surface area (Å²) in [6.45, 7) is 1.43. The highest BCUT2D eigenvalue weighted by atomic mass is 35.5. The number of aromatic nitrogens is 1. The van der Waals surface area contributed by atoms with Gasteiger partial charge >= 0.3 is 0 Å². The number of benzene rings is 2. The molecule has 3 aromatic rings. The van der Waals surface area contributed by atoms with Crippen LogP contribution in [0.2, 0.25) is 0 Å². The fraction of sp³-hybridized carbons (Fsp3) is 0.200. The van der Waals surface area contributed by atoms with Crippen LogP contribution in [0.25, 0.3) is 22.2 Å². The van der Waals surface area contributed by atoms with Gasteiger partial charge in [-0.15, -0.1) is 24.8 Å². The SMILES string of the molecule is CN(C)CCN=C1c2ccccc2-c2[nH]c3ccc(O)cc3c(=O)c21.Cl.Cl. The van der Waals surface area contributed by atoms with Crippen LogP contribution in [0.4, 0.5) is 0 Å². The Morgan fingerprint density at radius 1 is 1.07 bits per heavy atom. The number of hydrogen-bond acceptors (Lipinski definition) is 4. The fourth-order valence-electron chi connectivity index (χ4n) is 3.27. The number of nitrogens with zero attached hydrogens (tertiary/aromatic N) is 2. The van der Waals surface area contributed by atoms with Crippen LogP contribution in [0.15, 0.2) is 52.3 Å². The highest BCUT2D eigenvalue weighted by molar-refractivity contribution is 6.24. The van der Waals surface area contributed by atoms with Crippen LogP contribution in [0.5, 0.6) is 5.75 Å². The lowest BCUT2D eigenvalue weighted by atomic mass is 10.1. The lowest BCUT2D eigenvalue weighted by Gasteiger charge is -2.08. The lowest BCUT2D eigenvalue weighted by molar-refractivity contribution is 0.420. The minimum Gasteiger partial charge on any atom is -0.508 e. The first-order valence-corrected chi connectivity index (χ1v) is 8.24. The van der Waals surface area contributed by atoms with E-state index in [2.05, 4.69) is 9.88 Å². The molecule has 0 radical (unpaired) electrons. The Morgan fingerprint density at radius 3 is 2.48 bits per heavy atom. The number of aliphatic imine (C=N–C) groups is 1. The van der Waals surface area contributed by atoms with Gasteiger partial charge in [-0.25, -0.2) is 0 Å². The topological polar surface area (TPSA) is 68.7 Å². The summed E-state index contributed by atoms with van der Waals surface area (Å²) in [6.07, 6.45) is 0. The third-order valence-electron chi connectivity index (χ3n) is 4.49. The highest BCUT2D eigenvalue weighted by Gasteiger charge is 2.28. The molecular formula is C20H21Cl2N3O2. The summed E-state index contributed by atoms with van der Waals surface area (Å²) in [4.78, 5) is 23.3. The van der Waals surface area contributed by atoms with Crippen LogP contribution in [0.1, 0.15) is 11.1 Å². The van der Waals surface area contributed by atoms with Crippen molar-refractivity contribution in [2.24, 2.45) is 4.99 Å². The van der Waals surface area contributed by atoms with Crippen molar-refractivity contribution in [3.8, 4) is 17.0 Å². The van der Waals surface area contributed by atoms with E-state index in [9.17, 15) is 9.90 Å². The maximum atomic E-state index is 13.1. The number of fused-ring (bicyclic) bond motifs is 4. The number of phenolic OH excluding ortho intramolecular Hbond substituents is 1. The van der Waals surface area contributed by atoms with Crippen molar-refractivity contribution in [2.75, 3.05) is 27.2 Å². The summed E-state index contributed by atoms with van der Waals surface area (Å²) in [5.41, 5.74) is 4.72. The van der Waals surface area contributed by atoms with Gasteiger partial charge in [0.15, 0.2) is 5.43 Å². The molecule has 5 nitrogen and oxygen atoms in total. The van der Waals surface area contributed by atoms with Crippen LogP contribution in [-0.2, 0) is 0 Å². The van der Waals surface area contributed by atoms with Crippen LogP contribution < -0.4 is 5.43 Å². The van der Waals surface area contributed by atoms with E-state index in [0.717, 1.165) is 29.1 Å². The smallest absolute Gasteiger partial charge is 0.199 e. The van der Waals surface area contributed by atoms with Gasteiger partial charge in [-0.3, -0.25) is 9.79 Å². The maximum absolute atomic E-state index is 13.1. The van der Waals surface area contributed by atoms with Gasteiger partial charge in [0.05, 0.1) is 29.0 Å². The zero-order chi connectivity index (χ0) is 17.6. The molecule has 0 saturated carbocycles. The average Bonchev–Trinajstić information content (AvgIpc) is 2.90. The molecule has 1 aliphatic rings. The second-order valence-corrected chi connectivity index (χ2v) is 6.51. The molecule has 2 N–H and O–H groups in total. The largest absolute Gasteiger partial charge is 0.508 e. The standard InChI is InChI=1S/C20H19N3O2.2ClH/c1-23(2)10-9-21-18-13-5-3-4-6-14(13)19-17(18)20(25)15-11-12(24)7-8-16(15)22-19;;/h3-8,11,24H,9-10H2,1-2H3,(H,22,25);2*1H. The number of pyridine rings is 1. The Bertz CT molecular complexity index is 1070. The molecule has 0 aliphatic heterocycles. The Balaban J connectivity index is 0.00000131. The van der Waals surface area contributed by atoms with Crippen molar-refractivity contribution in [1.82, 2.24) is 9.88 Å². The molecule has 0 spiro atoms. The molecule has 0 unspecified atom stereocenters. The summed E-state index contributed by atoms with van der Waals surface area (Å²) < 4.78 is 0. The number of hydrogen-bond donors (Lipinski definition) is 2. The third kappa shape index (κ3) is 3.58. The summed E-state index contributed by atoms with van der Waals surface area (Å²) in [5.74, 6) is 0.0829. The first-order valence-electron chi connectivity index (χ1n) is 8.24. The Hall–Kier alpha value is -2.34. The van der Waals surface area contributed by atoms with Gasteiger partial charge in [-0.05, 0) is 32.3 Å². The van der Waals surface area contributed by atoms with Crippen LogP contribution in [-0.4, -0.2) is 47.9 Å². The quantitative estimate of drug-likeness (QED) is 0.548. The summed E-state index contributed by atoms with van der Waals surface area (Å²) in [5, 5.41) is 10.2. The number of H-pyrrole nitrogens is 1. The first-order chi connectivity index (χ1) is 12.1. The average molecular weight is 406 g/mol. The molecule has 0 atom stereocenters. The van der Waals surface area contributed by atoms with E-state index in [1.165, 1.54) is 6.07 Å². The van der Waals surface area contributed by atoms with Crippen LogP contribution in [0.3, 0.4) is 0 Å². The summed E-state index contributed by atoms with van der Waals surface area (Å²) in [6, 6.07) is 12.7. The summed E-state index contributed by atoms with van der Waals surface area (Å²) >= 11 is 0. The van der Waals surface area contributed by atoms with E-state index in [1.54, 1.807) is 12.1 Å². The first kappa shape index (κ1) is 21.0. The molecular weight excluding hydrogens is 385 g/mol. The predicted molar refractivity (Wildman–Crippen MR) is 115 cm³/mol. The summed E-state index contributed by atoms with van der Waals surface area (Å²) in [7, 11) is 4.00. The van der Waals surface area contributed by atoms with Gasteiger partial charge in [0.1, 0.15) is 5.75 Å². The van der Waals surface area contributed by atoms with Gasteiger partial charge in [0.25, 0.3) is 0 Å². The van der Waals surface area contributed by atoms with Gasteiger partial charge in [-0.2, -0.15) is 0 Å². The highest BCUT2D eigenvalue weighted by Crippen LogP contribution is 2.35. The number of rotatable bonds is 3. The van der Waals surface area contributed by atoms with Gasteiger partial charge in [0, 0.05) is 23.1 Å². The van der Waals surface area contributed by atoms with E-state index in [1.807, 2.05) is 38.4 Å². The molecule has 0 amide bonds. The molecule has 1 heterocycles. The van der Waals surface area contributed by atoms with Crippen molar-refractivity contribution in [1.29, 1.82) is 0 Å².